The Bertz CT molecular complexity index is 1070. The van der Waals surface area contributed by atoms with Gasteiger partial charge < -0.3 is 14.7 Å². The minimum atomic E-state index is -4.11. The fraction of sp³-hybridized carbons (Fsp3) is 0.409. The molecule has 1 aliphatic heterocycles. The summed E-state index contributed by atoms with van der Waals surface area (Å²) in [6.45, 7) is 0.259. The molecule has 1 fully saturated rings. The van der Waals surface area contributed by atoms with E-state index in [2.05, 4.69) is 0 Å². The molecule has 0 atom stereocenters. The van der Waals surface area contributed by atoms with Crippen LogP contribution in [0.2, 0.25) is 5.02 Å². The van der Waals surface area contributed by atoms with Gasteiger partial charge in [0.05, 0.1) is 17.1 Å². The van der Waals surface area contributed by atoms with Crippen LogP contribution >= 0.6 is 11.6 Å². The molecule has 0 unspecified atom stereocenters. The number of hydrogen-bond acceptors (Lipinski definition) is 5. The molecular weight excluding hydrogens is 478 g/mol. The Labute approximate surface area is 196 Å². The number of sulfonamides is 1. The molecular formula is C22H25ClF2N2O5S. The minimum absolute atomic E-state index is 0.0815. The van der Waals surface area contributed by atoms with Gasteiger partial charge in [0.15, 0.2) is 0 Å². The van der Waals surface area contributed by atoms with Crippen LogP contribution in [0.15, 0.2) is 47.4 Å². The quantitative estimate of drug-likeness (QED) is 0.561. The molecule has 0 radical (unpaired) electrons. The van der Waals surface area contributed by atoms with Gasteiger partial charge in [-0.2, -0.15) is 4.31 Å². The van der Waals surface area contributed by atoms with Gasteiger partial charge in [-0.15, -0.1) is 0 Å². The zero-order chi connectivity index (χ0) is 24.2. The first-order valence-electron chi connectivity index (χ1n) is 10.3. The van der Waals surface area contributed by atoms with Gasteiger partial charge >= 0.3 is 0 Å². The molecule has 1 heterocycles. The topological polar surface area (TPSA) is 87.2 Å². The number of carbonyl (C=O) groups excluding carboxylic acids is 1. The molecule has 0 aromatic heterocycles. The van der Waals surface area contributed by atoms with Crippen LogP contribution in [0.1, 0.15) is 18.4 Å². The smallest absolute Gasteiger partial charge is 0.248 e. The van der Waals surface area contributed by atoms with E-state index < -0.39 is 32.2 Å². The zero-order valence-corrected chi connectivity index (χ0v) is 19.6. The maximum absolute atomic E-state index is 13.3. The molecule has 0 aliphatic carbocycles. The number of benzene rings is 2. The fourth-order valence-electron chi connectivity index (χ4n) is 3.60. The lowest BCUT2D eigenvalue weighted by atomic mass is 9.84. The number of hydrogen-bond donors (Lipinski definition) is 1. The Balaban J connectivity index is 1.45. The number of carbonyl (C=O) groups is 1. The summed E-state index contributed by atoms with van der Waals surface area (Å²) in [4.78, 5) is 13.5. The number of amides is 1. The highest BCUT2D eigenvalue weighted by Gasteiger charge is 2.35. The summed E-state index contributed by atoms with van der Waals surface area (Å²) < 4.78 is 57.8. The zero-order valence-electron chi connectivity index (χ0n) is 18.0. The highest BCUT2D eigenvalue weighted by molar-refractivity contribution is 7.89. The average Bonchev–Trinajstić information content (AvgIpc) is 2.76. The third-order valence-corrected chi connectivity index (χ3v) is 7.73. The largest absolute Gasteiger partial charge is 0.385 e. The number of nitrogens with zero attached hydrogens (tertiary/aromatic N) is 2. The summed E-state index contributed by atoms with van der Waals surface area (Å²) in [6, 6.07) is 9.02. The third kappa shape index (κ3) is 6.27. The van der Waals surface area contributed by atoms with E-state index in [1.165, 1.54) is 7.05 Å². The standard InChI is InChI=1S/C22H25ClF2N2O5S/c1-26(33(30,31)20-13-18(24)12-19(25)14-20)10-11-32-15-21(28)27-8-6-22(29,7-9-27)16-2-4-17(23)5-3-16/h2-5,12-14,29H,6-11,15H2,1H3. The van der Waals surface area contributed by atoms with Crippen molar-refractivity contribution in [3.63, 3.8) is 0 Å². The van der Waals surface area contributed by atoms with Crippen molar-refractivity contribution in [3.8, 4) is 0 Å². The molecule has 2 aromatic carbocycles. The van der Waals surface area contributed by atoms with E-state index in [1.807, 2.05) is 0 Å². The Morgan fingerprint density at radius 3 is 2.30 bits per heavy atom. The maximum Gasteiger partial charge on any atom is 0.248 e. The SMILES string of the molecule is CN(CCOCC(=O)N1CCC(O)(c2ccc(Cl)cc2)CC1)S(=O)(=O)c1cc(F)cc(F)c1. The second-order valence-electron chi connectivity index (χ2n) is 7.90. The number of likely N-dealkylation sites (N-methyl/N-ethyl adjacent to an activating group) is 1. The molecule has 1 N–H and O–H groups in total. The molecule has 3 rings (SSSR count). The van der Waals surface area contributed by atoms with Gasteiger partial charge in [0, 0.05) is 37.8 Å². The summed E-state index contributed by atoms with van der Waals surface area (Å²) in [5.41, 5.74) is -0.284. The molecule has 7 nitrogen and oxygen atoms in total. The molecule has 33 heavy (non-hydrogen) atoms. The predicted octanol–water partition coefficient (Wildman–Crippen LogP) is 2.77. The van der Waals surface area contributed by atoms with Crippen LogP contribution in [0.5, 0.6) is 0 Å². The van der Waals surface area contributed by atoms with Crippen LogP contribution in [0, 0.1) is 11.6 Å². The van der Waals surface area contributed by atoms with Crippen LogP contribution < -0.4 is 0 Å². The molecule has 180 valence electrons. The molecule has 0 bridgehead atoms. The predicted molar refractivity (Wildman–Crippen MR) is 118 cm³/mol. The monoisotopic (exact) mass is 502 g/mol. The van der Waals surface area contributed by atoms with Crippen molar-refractivity contribution >= 4 is 27.5 Å². The highest BCUT2D eigenvalue weighted by Crippen LogP contribution is 2.33. The van der Waals surface area contributed by atoms with Crippen LogP contribution in [0.3, 0.4) is 0 Å². The number of halogens is 3. The maximum atomic E-state index is 13.3. The van der Waals surface area contributed by atoms with Gasteiger partial charge in [0.1, 0.15) is 18.2 Å². The molecule has 0 saturated carbocycles. The van der Waals surface area contributed by atoms with E-state index in [0.717, 1.165) is 22.0 Å². The minimum Gasteiger partial charge on any atom is -0.385 e. The van der Waals surface area contributed by atoms with Gasteiger partial charge in [0.2, 0.25) is 15.9 Å². The number of likely N-dealkylation sites (tertiary alicyclic amines) is 1. The molecule has 1 saturated heterocycles. The van der Waals surface area contributed by atoms with E-state index in [4.69, 9.17) is 16.3 Å². The third-order valence-electron chi connectivity index (χ3n) is 5.65. The highest BCUT2D eigenvalue weighted by atomic mass is 35.5. The van der Waals surface area contributed by atoms with Gasteiger partial charge in [-0.3, -0.25) is 4.79 Å². The fourth-order valence-corrected chi connectivity index (χ4v) is 4.92. The van der Waals surface area contributed by atoms with Crippen molar-refractivity contribution in [1.29, 1.82) is 0 Å². The lowest BCUT2D eigenvalue weighted by molar-refractivity contribution is -0.140. The average molecular weight is 503 g/mol. The van der Waals surface area contributed by atoms with Crippen molar-refractivity contribution in [2.24, 2.45) is 0 Å². The summed E-state index contributed by atoms with van der Waals surface area (Å²) in [7, 11) is -2.85. The van der Waals surface area contributed by atoms with Crippen LogP contribution in [0.4, 0.5) is 8.78 Å². The Morgan fingerprint density at radius 2 is 1.73 bits per heavy atom. The lowest BCUT2D eigenvalue weighted by Gasteiger charge is -2.38. The molecule has 0 spiro atoms. The van der Waals surface area contributed by atoms with Gasteiger partial charge in [-0.05, 0) is 42.7 Å². The van der Waals surface area contributed by atoms with E-state index >= 15 is 0 Å². The van der Waals surface area contributed by atoms with Crippen molar-refractivity contribution in [2.75, 3.05) is 39.9 Å². The second kappa shape index (κ2) is 10.4. The number of aliphatic hydroxyl groups is 1. The Kier molecular flexibility index (Phi) is 8.07. The van der Waals surface area contributed by atoms with Crippen molar-refractivity contribution < 1.29 is 31.8 Å². The summed E-state index contributed by atoms with van der Waals surface area (Å²) in [5.74, 6) is -2.26. The number of ether oxygens (including phenoxy) is 1. The summed E-state index contributed by atoms with van der Waals surface area (Å²) in [5, 5.41) is 11.5. The van der Waals surface area contributed by atoms with Crippen molar-refractivity contribution in [3.05, 3.63) is 64.7 Å². The second-order valence-corrected chi connectivity index (χ2v) is 10.4. The number of rotatable bonds is 8. The van der Waals surface area contributed by atoms with Crippen LogP contribution in [-0.4, -0.2) is 68.5 Å². The lowest BCUT2D eigenvalue weighted by Crippen LogP contribution is -2.46. The van der Waals surface area contributed by atoms with E-state index in [1.54, 1.807) is 29.2 Å². The Morgan fingerprint density at radius 1 is 1.15 bits per heavy atom. The van der Waals surface area contributed by atoms with Crippen molar-refractivity contribution in [1.82, 2.24) is 9.21 Å². The van der Waals surface area contributed by atoms with Crippen molar-refractivity contribution in [2.45, 2.75) is 23.3 Å². The Hall–Kier alpha value is -2.11. The van der Waals surface area contributed by atoms with E-state index in [0.29, 0.717) is 37.0 Å². The summed E-state index contributed by atoms with van der Waals surface area (Å²) >= 11 is 5.89. The van der Waals surface area contributed by atoms with Crippen LogP contribution in [-0.2, 0) is 25.2 Å². The molecule has 1 aliphatic rings. The van der Waals surface area contributed by atoms with Gasteiger partial charge in [-0.25, -0.2) is 17.2 Å². The van der Waals surface area contributed by atoms with Gasteiger partial charge in [0.25, 0.3) is 0 Å². The first kappa shape index (κ1) is 25.5. The first-order valence-corrected chi connectivity index (χ1v) is 12.1. The normalized spacial score (nSPS) is 16.2. The molecule has 1 amide bonds. The molecule has 11 heteroatoms. The molecule has 2 aromatic rings. The summed E-state index contributed by atoms with van der Waals surface area (Å²) in [6.07, 6.45) is 0.733. The van der Waals surface area contributed by atoms with Gasteiger partial charge in [-0.1, -0.05) is 23.7 Å². The van der Waals surface area contributed by atoms with E-state index in [9.17, 15) is 27.1 Å². The first-order chi connectivity index (χ1) is 15.5. The van der Waals surface area contributed by atoms with E-state index in [-0.39, 0.29) is 25.7 Å². The van der Waals surface area contributed by atoms with Crippen LogP contribution in [0.25, 0.3) is 0 Å². The number of piperidine rings is 1.